The molecule has 14 heavy (non-hydrogen) atoms. The monoisotopic (exact) mass is 205 g/mol. The number of hydrogen-bond donors (Lipinski definition) is 5. The molecule has 0 spiro atoms. The molecule has 0 unspecified atom stereocenters. The van der Waals surface area contributed by atoms with E-state index in [0.717, 1.165) is 0 Å². The SMILES string of the molecule is NC(=O)CN1C[C@@H](O)[C@H](O)[C@@H](CO)N1. The molecule has 0 bridgehead atoms. The topological polar surface area (TPSA) is 119 Å². The molecule has 7 nitrogen and oxygen atoms in total. The number of primary amides is 1. The predicted octanol–water partition coefficient (Wildman–Crippen LogP) is -3.63. The summed E-state index contributed by atoms with van der Waals surface area (Å²) in [5.74, 6) is -0.544. The van der Waals surface area contributed by atoms with Crippen molar-refractivity contribution in [1.29, 1.82) is 0 Å². The van der Waals surface area contributed by atoms with E-state index in [4.69, 9.17) is 10.8 Å². The second-order valence-electron chi connectivity index (χ2n) is 3.32. The number of β-amino-alcohol motifs (C(OH)–C–C–N with tert-alkyl or cyclic N) is 1. The van der Waals surface area contributed by atoms with E-state index in [2.05, 4.69) is 5.43 Å². The van der Waals surface area contributed by atoms with E-state index >= 15 is 0 Å². The molecule has 0 aromatic rings. The Balaban J connectivity index is 2.53. The van der Waals surface area contributed by atoms with Crippen LogP contribution in [0.2, 0.25) is 0 Å². The van der Waals surface area contributed by atoms with E-state index in [1.807, 2.05) is 0 Å². The van der Waals surface area contributed by atoms with Crippen molar-refractivity contribution in [2.45, 2.75) is 18.2 Å². The van der Waals surface area contributed by atoms with Gasteiger partial charge in [-0.3, -0.25) is 4.79 Å². The first-order valence-corrected chi connectivity index (χ1v) is 4.31. The van der Waals surface area contributed by atoms with E-state index in [1.54, 1.807) is 0 Å². The van der Waals surface area contributed by atoms with Crippen LogP contribution in [0.25, 0.3) is 0 Å². The minimum Gasteiger partial charge on any atom is -0.395 e. The number of nitrogens with one attached hydrogen (secondary N) is 1. The summed E-state index contributed by atoms with van der Waals surface area (Å²) in [5.41, 5.74) is 7.65. The number of carbonyl (C=O) groups is 1. The Bertz CT molecular complexity index is 213. The number of rotatable bonds is 3. The Morgan fingerprint density at radius 2 is 2.21 bits per heavy atom. The van der Waals surface area contributed by atoms with Crippen LogP contribution >= 0.6 is 0 Å². The first kappa shape index (κ1) is 11.3. The lowest BCUT2D eigenvalue weighted by atomic mass is 10.0. The molecule has 0 aliphatic carbocycles. The van der Waals surface area contributed by atoms with Gasteiger partial charge >= 0.3 is 0 Å². The zero-order valence-corrected chi connectivity index (χ0v) is 7.63. The van der Waals surface area contributed by atoms with Crippen molar-refractivity contribution >= 4 is 5.91 Å². The van der Waals surface area contributed by atoms with Crippen LogP contribution < -0.4 is 11.2 Å². The highest BCUT2D eigenvalue weighted by molar-refractivity contribution is 5.75. The molecule has 1 fully saturated rings. The second-order valence-corrected chi connectivity index (χ2v) is 3.32. The van der Waals surface area contributed by atoms with Crippen LogP contribution in [0.15, 0.2) is 0 Å². The van der Waals surface area contributed by atoms with Crippen LogP contribution in [0, 0.1) is 0 Å². The number of amides is 1. The molecule has 0 radical (unpaired) electrons. The third-order valence-corrected chi connectivity index (χ3v) is 2.11. The van der Waals surface area contributed by atoms with Crippen LogP contribution in [0.3, 0.4) is 0 Å². The molecule has 1 saturated heterocycles. The fraction of sp³-hybridized carbons (Fsp3) is 0.857. The number of hydrogen-bond acceptors (Lipinski definition) is 6. The molecular weight excluding hydrogens is 190 g/mol. The third kappa shape index (κ3) is 2.63. The van der Waals surface area contributed by atoms with Crippen LogP contribution in [0.5, 0.6) is 0 Å². The molecule has 1 amide bonds. The Morgan fingerprint density at radius 3 is 2.71 bits per heavy atom. The second kappa shape index (κ2) is 4.67. The number of hydrazine groups is 1. The standard InChI is InChI=1S/C7H15N3O4/c8-6(13)2-10-1-5(12)7(14)4(3-11)9-10/h4-5,7,9,11-12,14H,1-3H2,(H2,8,13)/t4-,5-,7-/m1/s1. The summed E-state index contributed by atoms with van der Waals surface area (Å²) in [4.78, 5) is 10.6. The zero-order chi connectivity index (χ0) is 10.7. The summed E-state index contributed by atoms with van der Waals surface area (Å²) < 4.78 is 0. The average molecular weight is 205 g/mol. The van der Waals surface area contributed by atoms with Crippen molar-refractivity contribution in [3.63, 3.8) is 0 Å². The predicted molar refractivity (Wildman–Crippen MR) is 46.8 cm³/mol. The van der Waals surface area contributed by atoms with Crippen molar-refractivity contribution in [3.05, 3.63) is 0 Å². The molecule has 3 atom stereocenters. The summed E-state index contributed by atoms with van der Waals surface area (Å²) in [6.45, 7) is -0.297. The number of nitrogens with two attached hydrogens (primary N) is 1. The van der Waals surface area contributed by atoms with E-state index in [1.165, 1.54) is 5.01 Å². The highest BCUT2D eigenvalue weighted by atomic mass is 16.3. The quantitative estimate of drug-likeness (QED) is 0.324. The molecule has 7 heteroatoms. The van der Waals surface area contributed by atoms with Crippen LogP contribution in [-0.4, -0.2) is 64.2 Å². The van der Waals surface area contributed by atoms with Gasteiger partial charge in [0.1, 0.15) is 6.10 Å². The Labute approximate surface area is 81.1 Å². The van der Waals surface area contributed by atoms with Gasteiger partial charge in [-0.25, -0.2) is 10.4 Å². The van der Waals surface area contributed by atoms with Gasteiger partial charge in [0.05, 0.1) is 25.3 Å². The van der Waals surface area contributed by atoms with Gasteiger partial charge in [-0.2, -0.15) is 0 Å². The van der Waals surface area contributed by atoms with Gasteiger partial charge in [0, 0.05) is 6.54 Å². The maximum Gasteiger partial charge on any atom is 0.233 e. The lowest BCUT2D eigenvalue weighted by molar-refractivity contribution is -0.127. The lowest BCUT2D eigenvalue weighted by Crippen LogP contribution is -2.64. The first-order valence-electron chi connectivity index (χ1n) is 4.31. The highest BCUT2D eigenvalue weighted by Crippen LogP contribution is 2.08. The largest absolute Gasteiger partial charge is 0.395 e. The maximum atomic E-state index is 10.6. The summed E-state index contributed by atoms with van der Waals surface area (Å²) >= 11 is 0. The van der Waals surface area contributed by atoms with E-state index in [0.29, 0.717) is 0 Å². The maximum absolute atomic E-state index is 10.6. The summed E-state index contributed by atoms with van der Waals surface area (Å²) in [6.07, 6.45) is -2.03. The average Bonchev–Trinajstić information content (AvgIpc) is 2.10. The normalized spacial score (nSPS) is 34.4. The van der Waals surface area contributed by atoms with Crippen LogP contribution in [0.4, 0.5) is 0 Å². The Hall–Kier alpha value is -0.730. The first-order chi connectivity index (χ1) is 6.54. The van der Waals surface area contributed by atoms with Gasteiger partial charge in [0.15, 0.2) is 0 Å². The van der Waals surface area contributed by atoms with E-state index < -0.39 is 24.2 Å². The number of aliphatic hydroxyl groups excluding tert-OH is 3. The number of aliphatic hydroxyl groups is 3. The van der Waals surface area contributed by atoms with Crippen molar-refractivity contribution in [2.75, 3.05) is 19.7 Å². The van der Waals surface area contributed by atoms with Gasteiger partial charge < -0.3 is 21.1 Å². The van der Waals surface area contributed by atoms with Crippen molar-refractivity contribution in [2.24, 2.45) is 5.73 Å². The molecular formula is C7H15N3O4. The van der Waals surface area contributed by atoms with Crippen LogP contribution in [0.1, 0.15) is 0 Å². The molecule has 0 saturated carbocycles. The van der Waals surface area contributed by atoms with Gasteiger partial charge in [0.25, 0.3) is 0 Å². The molecule has 1 aliphatic rings. The van der Waals surface area contributed by atoms with Crippen LogP contribution in [-0.2, 0) is 4.79 Å². The van der Waals surface area contributed by atoms with Gasteiger partial charge in [-0.15, -0.1) is 0 Å². The summed E-state index contributed by atoms with van der Waals surface area (Å²) in [5, 5.41) is 29.0. The molecule has 1 aliphatic heterocycles. The molecule has 6 N–H and O–H groups in total. The van der Waals surface area contributed by atoms with Crippen molar-refractivity contribution in [1.82, 2.24) is 10.4 Å². The van der Waals surface area contributed by atoms with Crippen molar-refractivity contribution in [3.8, 4) is 0 Å². The Kier molecular flexibility index (Phi) is 3.78. The molecule has 82 valence electrons. The molecule has 0 aromatic heterocycles. The molecule has 0 aromatic carbocycles. The fourth-order valence-electron chi connectivity index (χ4n) is 1.41. The highest BCUT2D eigenvalue weighted by Gasteiger charge is 2.34. The van der Waals surface area contributed by atoms with Crippen molar-refractivity contribution < 1.29 is 20.1 Å². The van der Waals surface area contributed by atoms with Gasteiger partial charge in [-0.1, -0.05) is 0 Å². The Morgan fingerprint density at radius 1 is 1.57 bits per heavy atom. The summed E-state index contributed by atoms with van der Waals surface area (Å²) in [7, 11) is 0. The van der Waals surface area contributed by atoms with E-state index in [9.17, 15) is 15.0 Å². The fourth-order valence-corrected chi connectivity index (χ4v) is 1.41. The third-order valence-electron chi connectivity index (χ3n) is 2.11. The van der Waals surface area contributed by atoms with Gasteiger partial charge in [-0.05, 0) is 0 Å². The van der Waals surface area contributed by atoms with Gasteiger partial charge in [0.2, 0.25) is 5.91 Å². The zero-order valence-electron chi connectivity index (χ0n) is 7.63. The lowest BCUT2D eigenvalue weighted by Gasteiger charge is -2.38. The molecule has 1 rings (SSSR count). The summed E-state index contributed by atoms with van der Waals surface area (Å²) in [6, 6.07) is -0.668. The molecule has 1 heterocycles. The smallest absolute Gasteiger partial charge is 0.233 e. The van der Waals surface area contributed by atoms with E-state index in [-0.39, 0.29) is 19.7 Å². The number of nitrogens with zero attached hydrogens (tertiary/aromatic N) is 1. The minimum absolute atomic E-state index is 0.0692. The number of carbonyl (C=O) groups excluding carboxylic acids is 1. The minimum atomic E-state index is -1.04.